The number of aromatic nitrogens is 2. The number of fused-ring (bicyclic) bond motifs is 1. The molecule has 0 spiro atoms. The van der Waals surface area contributed by atoms with Crippen molar-refractivity contribution >= 4 is 28.6 Å². The number of anilines is 1. The lowest BCUT2D eigenvalue weighted by molar-refractivity contribution is 1.01. The molecule has 24 heavy (non-hydrogen) atoms. The maximum Gasteiger partial charge on any atom is 0.145 e. The highest BCUT2D eigenvalue weighted by atomic mass is 15.0. The third kappa shape index (κ3) is 3.57. The van der Waals surface area contributed by atoms with Crippen LogP contribution < -0.4 is 11.1 Å². The molecule has 120 valence electrons. The molecule has 0 bridgehead atoms. The second kappa shape index (κ2) is 7.37. The van der Waals surface area contributed by atoms with Gasteiger partial charge in [0.05, 0.1) is 17.2 Å². The standard InChI is InChI=1S/C19H19N5/c20-11-16(12-21)15-6-7-17-18(10-15)23-13-19(24-17)22-9-8-14-4-2-1-3-5-14/h1-7,10-13,20H,8-9,21H2,(H,22,24)/b16-12+,20-11?. The van der Waals surface area contributed by atoms with Gasteiger partial charge in [-0.05, 0) is 29.7 Å². The van der Waals surface area contributed by atoms with E-state index in [0.717, 1.165) is 35.4 Å². The summed E-state index contributed by atoms with van der Waals surface area (Å²) in [6.45, 7) is 0.802. The molecular weight excluding hydrogens is 298 g/mol. The molecule has 5 heteroatoms. The summed E-state index contributed by atoms with van der Waals surface area (Å²) < 4.78 is 0. The van der Waals surface area contributed by atoms with Crippen molar-refractivity contribution in [3.8, 4) is 0 Å². The topological polar surface area (TPSA) is 87.7 Å². The molecule has 0 fully saturated rings. The van der Waals surface area contributed by atoms with E-state index in [2.05, 4.69) is 27.4 Å². The largest absolute Gasteiger partial charge is 0.404 e. The number of nitrogens with one attached hydrogen (secondary N) is 2. The van der Waals surface area contributed by atoms with Crippen LogP contribution in [-0.4, -0.2) is 22.7 Å². The number of allylic oxidation sites excluding steroid dienone is 1. The quantitative estimate of drug-likeness (QED) is 0.609. The molecule has 0 unspecified atom stereocenters. The van der Waals surface area contributed by atoms with Gasteiger partial charge in [0.2, 0.25) is 0 Å². The van der Waals surface area contributed by atoms with Crippen LogP contribution in [0.3, 0.4) is 0 Å². The Morgan fingerprint density at radius 2 is 1.96 bits per heavy atom. The summed E-state index contributed by atoms with van der Waals surface area (Å²) in [5.74, 6) is 0.757. The van der Waals surface area contributed by atoms with Gasteiger partial charge in [-0.2, -0.15) is 0 Å². The summed E-state index contributed by atoms with van der Waals surface area (Å²) in [6, 6.07) is 16.0. The minimum atomic E-state index is 0.656. The zero-order valence-corrected chi connectivity index (χ0v) is 13.2. The van der Waals surface area contributed by atoms with Crippen LogP contribution in [-0.2, 0) is 6.42 Å². The summed E-state index contributed by atoms with van der Waals surface area (Å²) in [7, 11) is 0. The van der Waals surface area contributed by atoms with Gasteiger partial charge < -0.3 is 16.5 Å². The van der Waals surface area contributed by atoms with E-state index in [0.29, 0.717) is 5.57 Å². The highest BCUT2D eigenvalue weighted by molar-refractivity contribution is 6.08. The molecule has 1 heterocycles. The van der Waals surface area contributed by atoms with E-state index in [1.165, 1.54) is 18.0 Å². The van der Waals surface area contributed by atoms with Crippen molar-refractivity contribution in [3.63, 3.8) is 0 Å². The van der Waals surface area contributed by atoms with Gasteiger partial charge in [-0.3, -0.25) is 4.98 Å². The summed E-state index contributed by atoms with van der Waals surface area (Å²) in [5, 5.41) is 10.7. The van der Waals surface area contributed by atoms with E-state index in [1.807, 2.05) is 36.4 Å². The lowest BCUT2D eigenvalue weighted by Crippen LogP contribution is -2.06. The first kappa shape index (κ1) is 15.7. The van der Waals surface area contributed by atoms with Gasteiger partial charge in [0.15, 0.2) is 0 Å². The maximum absolute atomic E-state index is 7.37. The van der Waals surface area contributed by atoms with Crippen molar-refractivity contribution in [1.82, 2.24) is 9.97 Å². The van der Waals surface area contributed by atoms with E-state index >= 15 is 0 Å². The maximum atomic E-state index is 7.37. The van der Waals surface area contributed by atoms with Gasteiger partial charge in [-0.25, -0.2) is 4.98 Å². The van der Waals surface area contributed by atoms with Gasteiger partial charge in [0, 0.05) is 24.5 Å². The van der Waals surface area contributed by atoms with Crippen LogP contribution in [0.25, 0.3) is 16.6 Å². The molecule has 4 N–H and O–H groups in total. The third-order valence-corrected chi connectivity index (χ3v) is 3.77. The van der Waals surface area contributed by atoms with Gasteiger partial charge in [0.1, 0.15) is 5.82 Å². The molecule has 3 rings (SSSR count). The van der Waals surface area contributed by atoms with Crippen LogP contribution in [0.4, 0.5) is 5.82 Å². The zero-order chi connectivity index (χ0) is 16.8. The Bertz CT molecular complexity index is 871. The molecule has 0 aliphatic rings. The summed E-state index contributed by atoms with van der Waals surface area (Å²) in [4.78, 5) is 9.03. The second-order valence-electron chi connectivity index (χ2n) is 5.39. The normalized spacial score (nSPS) is 11.4. The minimum Gasteiger partial charge on any atom is -0.404 e. The summed E-state index contributed by atoms with van der Waals surface area (Å²) >= 11 is 0. The average molecular weight is 317 g/mol. The highest BCUT2D eigenvalue weighted by Gasteiger charge is 2.04. The Kier molecular flexibility index (Phi) is 4.81. The van der Waals surface area contributed by atoms with Crippen molar-refractivity contribution in [3.05, 3.63) is 72.1 Å². The van der Waals surface area contributed by atoms with Crippen molar-refractivity contribution in [1.29, 1.82) is 5.41 Å². The fourth-order valence-electron chi connectivity index (χ4n) is 2.48. The molecular formula is C19H19N5. The minimum absolute atomic E-state index is 0.656. The van der Waals surface area contributed by atoms with Crippen LogP contribution in [0.1, 0.15) is 11.1 Å². The number of hydrogen-bond donors (Lipinski definition) is 3. The average Bonchev–Trinajstić information content (AvgIpc) is 2.63. The van der Waals surface area contributed by atoms with E-state index in [1.54, 1.807) is 6.20 Å². The first-order valence-corrected chi connectivity index (χ1v) is 7.77. The van der Waals surface area contributed by atoms with Crippen LogP contribution in [0.2, 0.25) is 0 Å². The van der Waals surface area contributed by atoms with Crippen LogP contribution in [0.5, 0.6) is 0 Å². The van der Waals surface area contributed by atoms with Crippen LogP contribution in [0.15, 0.2) is 60.9 Å². The lowest BCUT2D eigenvalue weighted by atomic mass is 10.1. The second-order valence-corrected chi connectivity index (χ2v) is 5.39. The fourth-order valence-corrected chi connectivity index (χ4v) is 2.48. The predicted octanol–water partition coefficient (Wildman–Crippen LogP) is 3.23. The number of hydrogen-bond acceptors (Lipinski definition) is 5. The molecule has 0 aliphatic heterocycles. The molecule has 5 nitrogen and oxygen atoms in total. The number of nitrogens with zero attached hydrogens (tertiary/aromatic N) is 2. The summed E-state index contributed by atoms with van der Waals surface area (Å²) in [5.41, 5.74) is 9.92. The molecule has 0 amide bonds. The predicted molar refractivity (Wildman–Crippen MR) is 99.1 cm³/mol. The molecule has 0 radical (unpaired) electrons. The highest BCUT2D eigenvalue weighted by Crippen LogP contribution is 2.18. The Labute approximate surface area is 140 Å². The third-order valence-electron chi connectivity index (χ3n) is 3.77. The summed E-state index contributed by atoms with van der Waals surface area (Å²) in [6.07, 6.45) is 5.31. The molecule has 0 saturated heterocycles. The van der Waals surface area contributed by atoms with Gasteiger partial charge >= 0.3 is 0 Å². The molecule has 1 aromatic heterocycles. The van der Waals surface area contributed by atoms with E-state index in [9.17, 15) is 0 Å². The van der Waals surface area contributed by atoms with Crippen molar-refractivity contribution in [2.75, 3.05) is 11.9 Å². The zero-order valence-electron chi connectivity index (χ0n) is 13.2. The van der Waals surface area contributed by atoms with Gasteiger partial charge in [0.25, 0.3) is 0 Å². The van der Waals surface area contributed by atoms with E-state index < -0.39 is 0 Å². The lowest BCUT2D eigenvalue weighted by Gasteiger charge is -2.07. The van der Waals surface area contributed by atoms with Crippen molar-refractivity contribution in [2.45, 2.75) is 6.42 Å². The monoisotopic (exact) mass is 317 g/mol. The fraction of sp³-hybridized carbons (Fsp3) is 0.105. The first-order chi connectivity index (χ1) is 11.8. The van der Waals surface area contributed by atoms with Crippen LogP contribution in [0, 0.1) is 5.41 Å². The Morgan fingerprint density at radius 3 is 2.71 bits per heavy atom. The number of rotatable bonds is 6. The molecule has 0 atom stereocenters. The van der Waals surface area contributed by atoms with Crippen molar-refractivity contribution in [2.24, 2.45) is 5.73 Å². The first-order valence-electron chi connectivity index (χ1n) is 7.77. The molecule has 2 aromatic carbocycles. The number of nitrogens with two attached hydrogens (primary N) is 1. The Balaban J connectivity index is 1.72. The Morgan fingerprint density at radius 1 is 1.12 bits per heavy atom. The van der Waals surface area contributed by atoms with E-state index in [-0.39, 0.29) is 0 Å². The molecule has 0 saturated carbocycles. The van der Waals surface area contributed by atoms with Crippen molar-refractivity contribution < 1.29 is 0 Å². The van der Waals surface area contributed by atoms with Gasteiger partial charge in [-0.1, -0.05) is 36.4 Å². The number of benzene rings is 2. The SMILES string of the molecule is N=C/C(=C\N)c1ccc2nc(NCCc3ccccc3)cnc2c1. The Hall–Kier alpha value is -3.21. The smallest absolute Gasteiger partial charge is 0.145 e. The molecule has 3 aromatic rings. The van der Waals surface area contributed by atoms with Crippen LogP contribution >= 0.6 is 0 Å². The molecule has 0 aliphatic carbocycles. The van der Waals surface area contributed by atoms with Gasteiger partial charge in [-0.15, -0.1) is 0 Å². The van der Waals surface area contributed by atoms with E-state index in [4.69, 9.17) is 11.1 Å².